The van der Waals surface area contributed by atoms with E-state index in [-0.39, 0.29) is 17.4 Å². The first-order valence-corrected chi connectivity index (χ1v) is 10.2. The molecule has 32 heavy (non-hydrogen) atoms. The fraction of sp³-hybridized carbons (Fsp3) is 0.304. The number of aryl methyl sites for hydroxylation is 1. The lowest BCUT2D eigenvalue weighted by Crippen LogP contribution is -2.39. The Labute approximate surface area is 182 Å². The summed E-state index contributed by atoms with van der Waals surface area (Å²) in [4.78, 5) is 35.0. The maximum absolute atomic E-state index is 13.1. The Morgan fingerprint density at radius 1 is 1.16 bits per heavy atom. The fourth-order valence-corrected chi connectivity index (χ4v) is 3.88. The molecule has 9 heteroatoms. The number of piperidine rings is 1. The van der Waals surface area contributed by atoms with Crippen molar-refractivity contribution in [1.29, 1.82) is 0 Å². The number of alkyl halides is 3. The van der Waals surface area contributed by atoms with Crippen LogP contribution in [0.3, 0.4) is 0 Å². The highest BCUT2D eigenvalue weighted by Gasteiger charge is 2.31. The smallest absolute Gasteiger partial charge is 0.338 e. The number of likely N-dealkylation sites (tertiary alicyclic amines) is 1. The summed E-state index contributed by atoms with van der Waals surface area (Å²) in [5.41, 5.74) is 0.821. The van der Waals surface area contributed by atoms with E-state index in [2.05, 4.69) is 9.97 Å². The number of halogens is 3. The molecule has 0 radical (unpaired) electrons. The maximum atomic E-state index is 13.1. The minimum absolute atomic E-state index is 0.0847. The number of aromatic nitrogens is 3. The number of rotatable bonds is 3. The topological polar surface area (TPSA) is 68.1 Å². The van der Waals surface area contributed by atoms with Gasteiger partial charge >= 0.3 is 6.18 Å². The molecule has 1 saturated heterocycles. The molecule has 1 fully saturated rings. The van der Waals surface area contributed by atoms with Crippen LogP contribution >= 0.6 is 0 Å². The zero-order valence-electron chi connectivity index (χ0n) is 17.3. The Hall–Kier alpha value is -3.49. The SMILES string of the molecule is Cn1cc(C(=O)N2CCC[C@H](c3cncc(-c4cccc(C(F)(F)F)c4)n3)C2)ccc1=O. The summed E-state index contributed by atoms with van der Waals surface area (Å²) in [6, 6.07) is 7.87. The molecule has 1 aromatic carbocycles. The quantitative estimate of drug-likeness (QED) is 0.618. The summed E-state index contributed by atoms with van der Waals surface area (Å²) in [7, 11) is 1.59. The van der Waals surface area contributed by atoms with Gasteiger partial charge in [-0.25, -0.2) is 4.98 Å². The van der Waals surface area contributed by atoms with Crippen molar-refractivity contribution < 1.29 is 18.0 Å². The normalized spacial score (nSPS) is 16.8. The second kappa shape index (κ2) is 8.57. The molecule has 2 aromatic heterocycles. The monoisotopic (exact) mass is 442 g/mol. The number of nitrogens with zero attached hydrogens (tertiary/aromatic N) is 4. The highest BCUT2D eigenvalue weighted by molar-refractivity contribution is 5.94. The van der Waals surface area contributed by atoms with Gasteiger partial charge in [-0.3, -0.25) is 14.6 Å². The van der Waals surface area contributed by atoms with Crippen molar-refractivity contribution in [2.45, 2.75) is 24.9 Å². The van der Waals surface area contributed by atoms with Gasteiger partial charge in [0, 0.05) is 50.1 Å². The van der Waals surface area contributed by atoms with Crippen LogP contribution in [0.4, 0.5) is 13.2 Å². The Kier molecular flexibility index (Phi) is 5.82. The summed E-state index contributed by atoms with van der Waals surface area (Å²) < 4.78 is 40.6. The van der Waals surface area contributed by atoms with Gasteiger partial charge in [-0.2, -0.15) is 13.2 Å². The summed E-state index contributed by atoms with van der Waals surface area (Å²) in [5, 5.41) is 0. The molecule has 0 N–H and O–H groups in total. The molecular weight excluding hydrogens is 421 g/mol. The van der Waals surface area contributed by atoms with E-state index in [1.165, 1.54) is 35.2 Å². The minimum atomic E-state index is -4.44. The van der Waals surface area contributed by atoms with Gasteiger partial charge in [-0.1, -0.05) is 12.1 Å². The first-order chi connectivity index (χ1) is 15.2. The van der Waals surface area contributed by atoms with Crippen LogP contribution in [0.15, 0.2) is 59.8 Å². The molecule has 1 aliphatic heterocycles. The Bertz CT molecular complexity index is 1210. The standard InChI is InChI=1S/C23H21F3N4O2/c1-29-13-17(7-8-21(29)31)22(32)30-9-3-5-16(14-30)20-12-27-11-19(28-20)15-4-2-6-18(10-15)23(24,25)26/h2,4,6-8,10-13,16H,3,5,9,14H2,1H3/t16-/m0/s1. The lowest BCUT2D eigenvalue weighted by atomic mass is 9.94. The molecule has 1 aliphatic rings. The first kappa shape index (κ1) is 21.7. The van der Waals surface area contributed by atoms with Crippen molar-refractivity contribution in [1.82, 2.24) is 19.4 Å². The average Bonchev–Trinajstić information content (AvgIpc) is 2.80. The van der Waals surface area contributed by atoms with Crippen molar-refractivity contribution in [3.63, 3.8) is 0 Å². The second-order valence-corrected chi connectivity index (χ2v) is 7.86. The molecule has 3 heterocycles. The van der Waals surface area contributed by atoms with Crippen LogP contribution in [0.5, 0.6) is 0 Å². The van der Waals surface area contributed by atoms with E-state index in [0.717, 1.165) is 25.0 Å². The molecule has 4 rings (SSSR count). The van der Waals surface area contributed by atoms with E-state index >= 15 is 0 Å². The van der Waals surface area contributed by atoms with Gasteiger partial charge in [0.1, 0.15) is 0 Å². The second-order valence-electron chi connectivity index (χ2n) is 7.86. The molecular formula is C23H21F3N4O2. The number of pyridine rings is 1. The average molecular weight is 442 g/mol. The molecule has 0 unspecified atom stereocenters. The van der Waals surface area contributed by atoms with Gasteiger partial charge in [-0.05, 0) is 31.0 Å². The Morgan fingerprint density at radius 3 is 2.72 bits per heavy atom. The number of carbonyl (C=O) groups excluding carboxylic acids is 1. The van der Waals surface area contributed by atoms with Crippen molar-refractivity contribution in [2.24, 2.45) is 7.05 Å². The van der Waals surface area contributed by atoms with Gasteiger partial charge in [0.05, 0.1) is 28.7 Å². The number of benzene rings is 1. The molecule has 166 valence electrons. The van der Waals surface area contributed by atoms with E-state index in [1.54, 1.807) is 24.2 Å². The van der Waals surface area contributed by atoms with Crippen molar-refractivity contribution >= 4 is 5.91 Å². The largest absolute Gasteiger partial charge is 0.416 e. The first-order valence-electron chi connectivity index (χ1n) is 10.2. The van der Waals surface area contributed by atoms with Crippen LogP contribution < -0.4 is 5.56 Å². The van der Waals surface area contributed by atoms with Crippen molar-refractivity contribution in [3.05, 3.63) is 82.2 Å². The van der Waals surface area contributed by atoms with Gasteiger partial charge in [0.15, 0.2) is 0 Å². The van der Waals surface area contributed by atoms with Crippen LogP contribution in [-0.4, -0.2) is 38.4 Å². The highest BCUT2D eigenvalue weighted by Crippen LogP contribution is 2.32. The van der Waals surface area contributed by atoms with Crippen molar-refractivity contribution in [3.8, 4) is 11.3 Å². The summed E-state index contributed by atoms with van der Waals surface area (Å²) in [6.45, 7) is 1.00. The number of hydrogen-bond donors (Lipinski definition) is 0. The summed E-state index contributed by atoms with van der Waals surface area (Å²) >= 11 is 0. The zero-order chi connectivity index (χ0) is 22.9. The molecule has 0 saturated carbocycles. The maximum Gasteiger partial charge on any atom is 0.416 e. The summed E-state index contributed by atoms with van der Waals surface area (Å²) in [6.07, 6.45) is 1.67. The van der Waals surface area contributed by atoms with Gasteiger partial charge in [0.25, 0.3) is 5.91 Å². The lowest BCUT2D eigenvalue weighted by Gasteiger charge is -2.32. The van der Waals surface area contributed by atoms with Crippen LogP contribution in [0, 0.1) is 0 Å². The Morgan fingerprint density at radius 2 is 1.97 bits per heavy atom. The van der Waals surface area contributed by atoms with E-state index in [4.69, 9.17) is 0 Å². The molecule has 0 aliphatic carbocycles. The lowest BCUT2D eigenvalue weighted by molar-refractivity contribution is -0.137. The molecule has 1 amide bonds. The molecule has 3 aromatic rings. The van der Waals surface area contributed by atoms with E-state index in [9.17, 15) is 22.8 Å². The van der Waals surface area contributed by atoms with Crippen LogP contribution in [0.25, 0.3) is 11.3 Å². The zero-order valence-corrected chi connectivity index (χ0v) is 17.3. The van der Waals surface area contributed by atoms with E-state index < -0.39 is 11.7 Å². The predicted molar refractivity (Wildman–Crippen MR) is 112 cm³/mol. The number of carbonyl (C=O) groups is 1. The van der Waals surface area contributed by atoms with Crippen LogP contribution in [0.2, 0.25) is 0 Å². The third-order valence-electron chi connectivity index (χ3n) is 5.60. The van der Waals surface area contributed by atoms with Gasteiger partial charge < -0.3 is 9.47 Å². The third kappa shape index (κ3) is 4.56. The third-order valence-corrected chi connectivity index (χ3v) is 5.60. The minimum Gasteiger partial charge on any atom is -0.338 e. The summed E-state index contributed by atoms with van der Waals surface area (Å²) in [5.74, 6) is -0.259. The van der Waals surface area contributed by atoms with Crippen LogP contribution in [0.1, 0.15) is 40.4 Å². The van der Waals surface area contributed by atoms with Gasteiger partial charge in [-0.15, -0.1) is 0 Å². The number of hydrogen-bond acceptors (Lipinski definition) is 4. The van der Waals surface area contributed by atoms with E-state index in [1.807, 2.05) is 0 Å². The molecule has 1 atom stereocenters. The van der Waals surface area contributed by atoms with Gasteiger partial charge in [0.2, 0.25) is 5.56 Å². The Balaban J connectivity index is 1.56. The molecule has 6 nitrogen and oxygen atoms in total. The van der Waals surface area contributed by atoms with Crippen LogP contribution in [-0.2, 0) is 13.2 Å². The van der Waals surface area contributed by atoms with Crippen molar-refractivity contribution in [2.75, 3.05) is 13.1 Å². The fourth-order valence-electron chi connectivity index (χ4n) is 3.88. The van der Waals surface area contributed by atoms with E-state index in [0.29, 0.717) is 35.6 Å². The number of amides is 1. The predicted octanol–water partition coefficient (Wildman–Crippen LogP) is 3.88. The molecule has 0 spiro atoms. The highest BCUT2D eigenvalue weighted by atomic mass is 19.4. The molecule has 0 bridgehead atoms.